The molecule has 1 amide bonds. The van der Waals surface area contributed by atoms with Crippen LogP contribution in [0.2, 0.25) is 0 Å². The molecule has 2 aromatic carbocycles. The Morgan fingerprint density at radius 2 is 1.70 bits per heavy atom. The van der Waals surface area contributed by atoms with E-state index in [1.807, 2.05) is 48.5 Å². The molecule has 4 aromatic rings. The van der Waals surface area contributed by atoms with E-state index in [4.69, 9.17) is 9.47 Å². The molecule has 0 fully saturated rings. The Hall–Kier alpha value is -4.04. The smallest absolute Gasteiger partial charge is 0.344 e. The van der Waals surface area contributed by atoms with E-state index in [0.717, 1.165) is 5.56 Å². The first-order valence-electron chi connectivity index (χ1n) is 10.3. The molecule has 4 rings (SSSR count). The molecular weight excluding hydrogens is 438 g/mol. The number of esters is 1. The van der Waals surface area contributed by atoms with Crippen LogP contribution in [0.1, 0.15) is 26.6 Å². The van der Waals surface area contributed by atoms with E-state index >= 15 is 0 Å². The van der Waals surface area contributed by atoms with E-state index < -0.39 is 5.97 Å². The fraction of sp³-hybridized carbons (Fsp3) is 0.120. The Balaban J connectivity index is 1.29. The third-order valence-electron chi connectivity index (χ3n) is 4.54. The zero-order valence-electron chi connectivity index (χ0n) is 17.6. The molecule has 0 spiro atoms. The number of carbonyl (C=O) groups excluding carboxylic acids is 2. The first kappa shape index (κ1) is 22.2. The maximum atomic E-state index is 12.6. The van der Waals surface area contributed by atoms with Crippen molar-refractivity contribution in [2.75, 3.05) is 0 Å². The van der Waals surface area contributed by atoms with Gasteiger partial charge in [-0.1, -0.05) is 48.5 Å². The van der Waals surface area contributed by atoms with Crippen LogP contribution in [0.5, 0.6) is 11.6 Å². The molecule has 0 radical (unpaired) electrons. The van der Waals surface area contributed by atoms with Gasteiger partial charge in [0.25, 0.3) is 0 Å². The Bertz CT molecular complexity index is 1210. The Morgan fingerprint density at radius 3 is 2.48 bits per heavy atom. The summed E-state index contributed by atoms with van der Waals surface area (Å²) in [5.74, 6) is 0.0571. The summed E-state index contributed by atoms with van der Waals surface area (Å²) in [4.78, 5) is 33.3. The van der Waals surface area contributed by atoms with Gasteiger partial charge in [-0.15, -0.1) is 11.3 Å². The van der Waals surface area contributed by atoms with Crippen molar-refractivity contribution in [1.29, 1.82) is 0 Å². The van der Waals surface area contributed by atoms with Gasteiger partial charge in [-0.3, -0.25) is 4.79 Å². The van der Waals surface area contributed by atoms with Crippen LogP contribution < -0.4 is 10.1 Å². The quantitative estimate of drug-likeness (QED) is 0.370. The topological polar surface area (TPSA) is 90.4 Å². The molecule has 0 saturated carbocycles. The summed E-state index contributed by atoms with van der Waals surface area (Å²) in [5, 5.41) is 5.31. The average Bonchev–Trinajstić information content (AvgIpc) is 3.30. The number of thiazole rings is 1. The number of hydrogen-bond donors (Lipinski definition) is 1. The fourth-order valence-corrected chi connectivity index (χ4v) is 3.71. The highest BCUT2D eigenvalue weighted by atomic mass is 32.1. The summed E-state index contributed by atoms with van der Waals surface area (Å²) in [7, 11) is 0. The highest BCUT2D eigenvalue weighted by molar-refractivity contribution is 7.09. The first-order chi connectivity index (χ1) is 16.2. The molecule has 33 heavy (non-hydrogen) atoms. The van der Waals surface area contributed by atoms with E-state index in [2.05, 4.69) is 15.3 Å². The molecular formula is C25H21N3O4S. The van der Waals surface area contributed by atoms with Crippen molar-refractivity contribution in [1.82, 2.24) is 15.3 Å². The number of hydrogen-bond acceptors (Lipinski definition) is 7. The molecule has 2 heterocycles. The van der Waals surface area contributed by atoms with Gasteiger partial charge in [-0.25, -0.2) is 14.8 Å². The van der Waals surface area contributed by atoms with Crippen molar-refractivity contribution in [2.45, 2.75) is 19.6 Å². The number of rotatable bonds is 9. The van der Waals surface area contributed by atoms with Gasteiger partial charge < -0.3 is 14.8 Å². The van der Waals surface area contributed by atoms with Crippen LogP contribution in [0.25, 0.3) is 0 Å². The third-order valence-corrected chi connectivity index (χ3v) is 5.44. The van der Waals surface area contributed by atoms with E-state index in [0.29, 0.717) is 23.0 Å². The van der Waals surface area contributed by atoms with E-state index in [1.54, 1.807) is 35.8 Å². The van der Waals surface area contributed by atoms with Gasteiger partial charge in [-0.2, -0.15) is 0 Å². The standard InChI is InChI=1S/C25H21N3O4S/c29-22(27-15-18-8-3-1-4-9-18)14-23-28-19(17-33-23)16-31-25(30)21-12-7-13-26-24(21)32-20-10-5-2-6-11-20/h1-13,17H,14-16H2,(H,27,29). The van der Waals surface area contributed by atoms with E-state index in [-0.39, 0.29) is 30.4 Å². The van der Waals surface area contributed by atoms with Gasteiger partial charge in [0, 0.05) is 18.1 Å². The molecule has 0 saturated heterocycles. The molecule has 2 aromatic heterocycles. The minimum absolute atomic E-state index is 0.0133. The fourth-order valence-electron chi connectivity index (χ4n) is 2.94. The highest BCUT2D eigenvalue weighted by Gasteiger charge is 2.17. The van der Waals surface area contributed by atoms with Gasteiger partial charge >= 0.3 is 5.97 Å². The average molecular weight is 460 g/mol. The van der Waals surface area contributed by atoms with Crippen molar-refractivity contribution in [3.05, 3.63) is 106 Å². The van der Waals surface area contributed by atoms with Crippen LogP contribution in [0.15, 0.2) is 84.4 Å². The summed E-state index contributed by atoms with van der Waals surface area (Å²) in [6.07, 6.45) is 1.72. The van der Waals surface area contributed by atoms with Gasteiger partial charge in [0.15, 0.2) is 0 Å². The number of benzene rings is 2. The van der Waals surface area contributed by atoms with Gasteiger partial charge in [0.05, 0.1) is 12.1 Å². The number of amides is 1. The van der Waals surface area contributed by atoms with Crippen LogP contribution >= 0.6 is 11.3 Å². The number of ether oxygens (including phenoxy) is 2. The molecule has 0 unspecified atom stereocenters. The van der Waals surface area contributed by atoms with Gasteiger partial charge in [-0.05, 0) is 29.8 Å². The van der Waals surface area contributed by atoms with Crippen molar-refractivity contribution in [3.63, 3.8) is 0 Å². The van der Waals surface area contributed by atoms with Crippen molar-refractivity contribution < 1.29 is 19.1 Å². The number of nitrogens with zero attached hydrogens (tertiary/aromatic N) is 2. The van der Waals surface area contributed by atoms with Gasteiger partial charge in [0.2, 0.25) is 11.8 Å². The number of aromatic nitrogens is 2. The molecule has 0 aliphatic carbocycles. The maximum absolute atomic E-state index is 12.6. The zero-order chi connectivity index (χ0) is 22.9. The minimum Gasteiger partial charge on any atom is -0.455 e. The maximum Gasteiger partial charge on any atom is 0.344 e. The van der Waals surface area contributed by atoms with Crippen LogP contribution in [0, 0.1) is 0 Å². The lowest BCUT2D eigenvalue weighted by molar-refractivity contribution is -0.120. The Labute approximate surface area is 195 Å². The minimum atomic E-state index is -0.566. The van der Waals surface area contributed by atoms with Crippen LogP contribution in [-0.2, 0) is 29.1 Å². The molecule has 166 valence electrons. The second-order valence-electron chi connectivity index (χ2n) is 7.02. The van der Waals surface area contributed by atoms with Crippen LogP contribution in [-0.4, -0.2) is 21.8 Å². The molecule has 8 heteroatoms. The summed E-state index contributed by atoms with van der Waals surface area (Å²) < 4.78 is 11.1. The molecule has 7 nitrogen and oxygen atoms in total. The summed E-state index contributed by atoms with van der Waals surface area (Å²) in [5.41, 5.74) is 1.83. The first-order valence-corrected chi connectivity index (χ1v) is 11.1. The Morgan fingerprint density at radius 1 is 0.939 bits per heavy atom. The van der Waals surface area contributed by atoms with E-state index in [1.165, 1.54) is 11.3 Å². The van der Waals surface area contributed by atoms with Crippen LogP contribution in [0.3, 0.4) is 0 Å². The monoisotopic (exact) mass is 459 g/mol. The summed E-state index contributed by atoms with van der Waals surface area (Å²) in [6.45, 7) is 0.453. The lowest BCUT2D eigenvalue weighted by Gasteiger charge is -2.09. The highest BCUT2D eigenvalue weighted by Crippen LogP contribution is 2.23. The lowest BCUT2D eigenvalue weighted by atomic mass is 10.2. The second-order valence-corrected chi connectivity index (χ2v) is 7.96. The lowest BCUT2D eigenvalue weighted by Crippen LogP contribution is -2.24. The molecule has 0 bridgehead atoms. The molecule has 1 N–H and O–H groups in total. The number of carbonyl (C=O) groups is 2. The summed E-state index contributed by atoms with van der Waals surface area (Å²) in [6, 6.07) is 22.0. The third kappa shape index (κ3) is 6.47. The number of para-hydroxylation sites is 1. The van der Waals surface area contributed by atoms with Crippen molar-refractivity contribution >= 4 is 23.2 Å². The normalized spacial score (nSPS) is 10.4. The number of nitrogens with one attached hydrogen (secondary N) is 1. The van der Waals surface area contributed by atoms with Crippen molar-refractivity contribution in [2.24, 2.45) is 0 Å². The second kappa shape index (κ2) is 11.0. The molecule has 0 aliphatic heterocycles. The van der Waals surface area contributed by atoms with Crippen molar-refractivity contribution in [3.8, 4) is 11.6 Å². The van der Waals surface area contributed by atoms with E-state index in [9.17, 15) is 9.59 Å². The van der Waals surface area contributed by atoms with Gasteiger partial charge in [0.1, 0.15) is 22.9 Å². The molecule has 0 atom stereocenters. The zero-order valence-corrected chi connectivity index (χ0v) is 18.5. The predicted octanol–water partition coefficient (Wildman–Crippen LogP) is 4.55. The Kier molecular flexibility index (Phi) is 7.40. The SMILES string of the molecule is O=C(Cc1nc(COC(=O)c2cccnc2Oc2ccccc2)cs1)NCc1ccccc1. The predicted molar refractivity (Wildman–Crippen MR) is 124 cm³/mol. The molecule has 0 aliphatic rings. The largest absolute Gasteiger partial charge is 0.455 e. The number of pyridine rings is 1. The summed E-state index contributed by atoms with van der Waals surface area (Å²) >= 11 is 1.35. The van der Waals surface area contributed by atoms with Crippen LogP contribution in [0.4, 0.5) is 0 Å².